The van der Waals surface area contributed by atoms with Gasteiger partial charge in [0.15, 0.2) is 5.96 Å². The van der Waals surface area contributed by atoms with Crippen LogP contribution in [0.5, 0.6) is 0 Å². The fourth-order valence-electron chi connectivity index (χ4n) is 2.94. The lowest BCUT2D eigenvalue weighted by Crippen LogP contribution is -2.44. The first kappa shape index (κ1) is 24.9. The average Bonchev–Trinajstić information content (AvgIpc) is 2.71. The maximum absolute atomic E-state index is 12.3. The Hall–Kier alpha value is -2.09. The second kappa shape index (κ2) is 12.5. The topological polar surface area (TPSA) is 56.7 Å². The zero-order valence-corrected chi connectivity index (χ0v) is 20.1. The molecule has 0 unspecified atom stereocenters. The number of guanidine groups is 1. The molecule has 2 aromatic carbocycles. The van der Waals surface area contributed by atoms with Gasteiger partial charge in [0.1, 0.15) is 0 Å². The summed E-state index contributed by atoms with van der Waals surface area (Å²) in [6.07, 6.45) is 0.423. The van der Waals surface area contributed by atoms with E-state index in [0.717, 1.165) is 12.1 Å². The molecular weight excluding hydrogens is 475 g/mol. The summed E-state index contributed by atoms with van der Waals surface area (Å²) < 4.78 is 0. The molecule has 0 fully saturated rings. The van der Waals surface area contributed by atoms with Gasteiger partial charge >= 0.3 is 0 Å². The SMILES string of the molecule is CN=C(NCCC(=O)N(C)Cc1ccccc1)NCC(C)(C)c1ccccc1.I. The molecule has 0 bridgehead atoms. The second-order valence-corrected chi connectivity index (χ2v) is 7.59. The van der Waals surface area contributed by atoms with Gasteiger partial charge in [0.05, 0.1) is 0 Å². The van der Waals surface area contributed by atoms with E-state index in [9.17, 15) is 4.79 Å². The molecule has 2 rings (SSSR count). The lowest BCUT2D eigenvalue weighted by molar-refractivity contribution is -0.130. The third-order valence-electron chi connectivity index (χ3n) is 4.80. The van der Waals surface area contributed by atoms with Crippen LogP contribution in [0.25, 0.3) is 0 Å². The molecule has 0 saturated heterocycles. The minimum Gasteiger partial charge on any atom is -0.356 e. The van der Waals surface area contributed by atoms with Gasteiger partial charge in [0, 0.05) is 45.6 Å². The van der Waals surface area contributed by atoms with Crippen molar-refractivity contribution >= 4 is 35.8 Å². The van der Waals surface area contributed by atoms with Crippen molar-refractivity contribution in [3.05, 3.63) is 71.8 Å². The lowest BCUT2D eigenvalue weighted by atomic mass is 9.85. The molecule has 2 aromatic rings. The van der Waals surface area contributed by atoms with Gasteiger partial charge in [-0.2, -0.15) is 0 Å². The molecular formula is C23H33IN4O. The molecule has 0 heterocycles. The monoisotopic (exact) mass is 508 g/mol. The molecule has 0 saturated carbocycles. The average molecular weight is 508 g/mol. The Kier molecular flexibility index (Phi) is 10.7. The molecule has 0 aliphatic rings. The summed E-state index contributed by atoms with van der Waals surface area (Å²) >= 11 is 0. The molecule has 0 aliphatic heterocycles. The van der Waals surface area contributed by atoms with Crippen molar-refractivity contribution in [3.63, 3.8) is 0 Å². The third kappa shape index (κ3) is 8.43. The zero-order chi connectivity index (χ0) is 20.4. The molecule has 1 amide bonds. The molecule has 6 heteroatoms. The summed E-state index contributed by atoms with van der Waals surface area (Å²) in [4.78, 5) is 18.4. The first-order valence-corrected chi connectivity index (χ1v) is 9.70. The van der Waals surface area contributed by atoms with Crippen LogP contribution in [-0.2, 0) is 16.8 Å². The van der Waals surface area contributed by atoms with E-state index < -0.39 is 0 Å². The Morgan fingerprint density at radius 3 is 2.17 bits per heavy atom. The van der Waals surface area contributed by atoms with E-state index in [1.165, 1.54) is 5.56 Å². The van der Waals surface area contributed by atoms with Crippen molar-refractivity contribution in [2.75, 3.05) is 27.2 Å². The summed E-state index contributed by atoms with van der Waals surface area (Å²) in [5.74, 6) is 0.818. The number of nitrogens with zero attached hydrogens (tertiary/aromatic N) is 2. The Labute approximate surface area is 192 Å². The smallest absolute Gasteiger partial charge is 0.224 e. The number of carbonyl (C=O) groups is 1. The van der Waals surface area contributed by atoms with Crippen LogP contribution in [0.1, 0.15) is 31.4 Å². The highest BCUT2D eigenvalue weighted by molar-refractivity contribution is 14.0. The predicted octanol–water partition coefficient (Wildman–Crippen LogP) is 3.80. The first-order valence-electron chi connectivity index (χ1n) is 9.70. The van der Waals surface area contributed by atoms with E-state index in [1.807, 2.05) is 43.4 Å². The van der Waals surface area contributed by atoms with Crippen LogP contribution in [0.15, 0.2) is 65.7 Å². The molecule has 0 aromatic heterocycles. The van der Waals surface area contributed by atoms with Gasteiger partial charge in [-0.1, -0.05) is 74.5 Å². The van der Waals surface area contributed by atoms with Crippen LogP contribution >= 0.6 is 24.0 Å². The molecule has 29 heavy (non-hydrogen) atoms. The molecule has 0 atom stereocenters. The number of benzene rings is 2. The van der Waals surface area contributed by atoms with Crippen LogP contribution in [0, 0.1) is 0 Å². The van der Waals surface area contributed by atoms with Gasteiger partial charge in [0.25, 0.3) is 0 Å². The van der Waals surface area contributed by atoms with Gasteiger partial charge in [-0.3, -0.25) is 9.79 Å². The third-order valence-corrected chi connectivity index (χ3v) is 4.80. The number of nitrogens with one attached hydrogen (secondary N) is 2. The van der Waals surface area contributed by atoms with Crippen LogP contribution in [0.4, 0.5) is 0 Å². The quantitative estimate of drug-likeness (QED) is 0.324. The molecule has 0 aliphatic carbocycles. The van der Waals surface area contributed by atoms with E-state index in [0.29, 0.717) is 25.5 Å². The molecule has 2 N–H and O–H groups in total. The van der Waals surface area contributed by atoms with E-state index in [1.54, 1.807) is 11.9 Å². The summed E-state index contributed by atoms with van der Waals surface area (Å²) in [6, 6.07) is 20.4. The Morgan fingerprint density at radius 2 is 1.59 bits per heavy atom. The first-order chi connectivity index (χ1) is 13.4. The van der Waals surface area contributed by atoms with E-state index >= 15 is 0 Å². The minimum absolute atomic E-state index is 0. The normalized spacial score (nSPS) is 11.4. The van der Waals surface area contributed by atoms with Gasteiger partial charge in [-0.25, -0.2) is 0 Å². The maximum atomic E-state index is 12.3. The molecule has 158 valence electrons. The summed E-state index contributed by atoms with van der Waals surface area (Å²) in [5.41, 5.74) is 2.38. The zero-order valence-electron chi connectivity index (χ0n) is 17.8. The van der Waals surface area contributed by atoms with Gasteiger partial charge in [0.2, 0.25) is 5.91 Å². The minimum atomic E-state index is -0.0232. The van der Waals surface area contributed by atoms with Crippen molar-refractivity contribution in [1.29, 1.82) is 0 Å². The number of aliphatic imine (C=N–C) groups is 1. The van der Waals surface area contributed by atoms with Gasteiger partial charge < -0.3 is 15.5 Å². The highest BCUT2D eigenvalue weighted by Crippen LogP contribution is 2.21. The number of hydrogen-bond acceptors (Lipinski definition) is 2. The number of hydrogen-bond donors (Lipinski definition) is 2. The largest absolute Gasteiger partial charge is 0.356 e. The molecule has 5 nitrogen and oxygen atoms in total. The highest BCUT2D eigenvalue weighted by Gasteiger charge is 2.20. The Balaban J connectivity index is 0.00000420. The van der Waals surface area contributed by atoms with Crippen molar-refractivity contribution in [1.82, 2.24) is 15.5 Å². The highest BCUT2D eigenvalue weighted by atomic mass is 127. The number of halogens is 1. The number of rotatable bonds is 8. The van der Waals surface area contributed by atoms with Crippen molar-refractivity contribution < 1.29 is 4.79 Å². The van der Waals surface area contributed by atoms with Crippen LogP contribution < -0.4 is 10.6 Å². The lowest BCUT2D eigenvalue weighted by Gasteiger charge is -2.26. The van der Waals surface area contributed by atoms with Crippen LogP contribution in [-0.4, -0.2) is 44.0 Å². The van der Waals surface area contributed by atoms with Crippen molar-refractivity contribution in [2.45, 2.75) is 32.2 Å². The van der Waals surface area contributed by atoms with E-state index in [2.05, 4.69) is 53.7 Å². The van der Waals surface area contributed by atoms with Gasteiger partial charge in [-0.15, -0.1) is 24.0 Å². The number of amides is 1. The summed E-state index contributed by atoms with van der Waals surface area (Å²) in [7, 11) is 3.58. The van der Waals surface area contributed by atoms with E-state index in [4.69, 9.17) is 0 Å². The Morgan fingerprint density at radius 1 is 1.00 bits per heavy atom. The Bertz CT molecular complexity index is 763. The summed E-state index contributed by atoms with van der Waals surface area (Å²) in [5, 5.41) is 6.60. The number of carbonyl (C=O) groups excluding carboxylic acids is 1. The van der Waals surface area contributed by atoms with Crippen molar-refractivity contribution in [2.24, 2.45) is 4.99 Å². The molecule has 0 spiro atoms. The maximum Gasteiger partial charge on any atom is 0.224 e. The molecule has 0 radical (unpaired) electrons. The van der Waals surface area contributed by atoms with Crippen LogP contribution in [0.2, 0.25) is 0 Å². The van der Waals surface area contributed by atoms with Crippen LogP contribution in [0.3, 0.4) is 0 Å². The second-order valence-electron chi connectivity index (χ2n) is 7.59. The fourth-order valence-corrected chi connectivity index (χ4v) is 2.94. The van der Waals surface area contributed by atoms with Gasteiger partial charge in [-0.05, 0) is 11.1 Å². The fraction of sp³-hybridized carbons (Fsp3) is 0.391. The standard InChI is InChI=1S/C23H32N4O.HI/c1-23(2,20-13-9-6-10-14-20)18-26-22(24-3)25-16-15-21(28)27(4)17-19-11-7-5-8-12-19;/h5-14H,15-18H2,1-4H3,(H2,24,25,26);1H. The summed E-state index contributed by atoms with van der Waals surface area (Å²) in [6.45, 7) is 6.31. The van der Waals surface area contributed by atoms with Crippen molar-refractivity contribution in [3.8, 4) is 0 Å². The van der Waals surface area contributed by atoms with E-state index in [-0.39, 0.29) is 35.3 Å². The predicted molar refractivity (Wildman–Crippen MR) is 132 cm³/mol.